The monoisotopic (exact) mass is 191 g/mol. The summed E-state index contributed by atoms with van der Waals surface area (Å²) in [4.78, 5) is 4.17. The molecule has 0 atom stereocenters. The number of hydrogen-bond acceptors (Lipinski definition) is 5. The fourth-order valence-electron chi connectivity index (χ4n) is 1.23. The van der Waals surface area contributed by atoms with E-state index in [9.17, 15) is 0 Å². The first-order chi connectivity index (χ1) is 6.65. The van der Waals surface area contributed by atoms with Crippen LogP contribution in [0, 0.1) is 18.3 Å². The molecule has 0 aliphatic carbocycles. The molecule has 1 aromatic heterocycles. The number of aromatic nitrogens is 1. The number of hydrogen-bond donors (Lipinski definition) is 3. The molecule has 4 N–H and O–H groups in total. The zero-order valence-electron chi connectivity index (χ0n) is 8.47. The number of pyridine rings is 1. The van der Waals surface area contributed by atoms with Gasteiger partial charge in [0.1, 0.15) is 11.9 Å². The number of nitrogens with zero attached hydrogens (tertiary/aromatic N) is 2. The van der Waals surface area contributed by atoms with E-state index in [-0.39, 0.29) is 0 Å². The average molecular weight is 191 g/mol. The van der Waals surface area contributed by atoms with E-state index in [1.165, 1.54) is 0 Å². The predicted octanol–water partition coefficient (Wildman–Crippen LogP) is 0.927. The Kier molecular flexibility index (Phi) is 2.77. The van der Waals surface area contributed by atoms with Crippen molar-refractivity contribution in [3.05, 3.63) is 11.1 Å². The summed E-state index contributed by atoms with van der Waals surface area (Å²) in [6, 6.07) is 2.07. The van der Waals surface area contributed by atoms with Crippen LogP contribution in [0.25, 0.3) is 0 Å². The molecule has 14 heavy (non-hydrogen) atoms. The van der Waals surface area contributed by atoms with Crippen LogP contribution in [0.4, 0.5) is 17.3 Å². The van der Waals surface area contributed by atoms with Crippen molar-refractivity contribution in [2.75, 3.05) is 30.5 Å². The van der Waals surface area contributed by atoms with Crippen molar-refractivity contribution < 1.29 is 0 Å². The van der Waals surface area contributed by atoms with Crippen LogP contribution < -0.4 is 16.4 Å². The van der Waals surface area contributed by atoms with Gasteiger partial charge in [0.05, 0.1) is 11.3 Å². The number of nitrogens with two attached hydrogens (primary N) is 1. The molecule has 0 aliphatic rings. The summed E-state index contributed by atoms with van der Waals surface area (Å²) in [5.74, 6) is 1.13. The Morgan fingerprint density at radius 1 is 1.29 bits per heavy atom. The summed E-state index contributed by atoms with van der Waals surface area (Å²) in [7, 11) is 3.46. The van der Waals surface area contributed by atoms with Crippen LogP contribution >= 0.6 is 0 Å². The lowest BCUT2D eigenvalue weighted by molar-refractivity contribution is 1.22. The molecule has 0 bridgehead atoms. The molecule has 0 fully saturated rings. The molecule has 74 valence electrons. The summed E-state index contributed by atoms with van der Waals surface area (Å²) < 4.78 is 0. The molecule has 0 aliphatic heterocycles. The van der Waals surface area contributed by atoms with Crippen LogP contribution in [0.15, 0.2) is 0 Å². The van der Waals surface area contributed by atoms with E-state index >= 15 is 0 Å². The van der Waals surface area contributed by atoms with E-state index in [1.807, 2.05) is 0 Å². The van der Waals surface area contributed by atoms with Gasteiger partial charge in [-0.25, -0.2) is 4.98 Å². The summed E-state index contributed by atoms with van der Waals surface area (Å²) in [6.45, 7) is 1.80. The third-order valence-corrected chi connectivity index (χ3v) is 2.08. The van der Waals surface area contributed by atoms with Gasteiger partial charge in [0.15, 0.2) is 5.82 Å². The Labute approximate surface area is 82.9 Å². The normalized spacial score (nSPS) is 9.29. The molecular formula is C9H13N5. The van der Waals surface area contributed by atoms with Crippen molar-refractivity contribution in [1.29, 1.82) is 5.26 Å². The molecule has 0 spiro atoms. The minimum Gasteiger partial charge on any atom is -0.395 e. The topological polar surface area (TPSA) is 86.8 Å². The summed E-state index contributed by atoms with van der Waals surface area (Å²) >= 11 is 0. The molecular weight excluding hydrogens is 178 g/mol. The maximum Gasteiger partial charge on any atom is 0.151 e. The maximum absolute atomic E-state index is 8.91. The predicted molar refractivity (Wildman–Crippen MR) is 57.2 cm³/mol. The van der Waals surface area contributed by atoms with Crippen LogP contribution in [-0.2, 0) is 0 Å². The minimum absolute atomic E-state index is 0.490. The van der Waals surface area contributed by atoms with Gasteiger partial charge in [-0.2, -0.15) is 5.26 Å². The van der Waals surface area contributed by atoms with Crippen molar-refractivity contribution in [2.45, 2.75) is 6.92 Å². The second-order valence-electron chi connectivity index (χ2n) is 2.83. The maximum atomic E-state index is 8.91. The smallest absolute Gasteiger partial charge is 0.151 e. The minimum atomic E-state index is 0.490. The summed E-state index contributed by atoms with van der Waals surface area (Å²) in [5.41, 5.74) is 7.54. The van der Waals surface area contributed by atoms with Gasteiger partial charge in [-0.1, -0.05) is 0 Å². The molecule has 0 saturated heterocycles. The molecule has 0 saturated carbocycles. The lowest BCUT2D eigenvalue weighted by atomic mass is 10.1. The summed E-state index contributed by atoms with van der Waals surface area (Å²) in [6.07, 6.45) is 0. The van der Waals surface area contributed by atoms with Crippen molar-refractivity contribution in [1.82, 2.24) is 4.98 Å². The number of nitrogens with one attached hydrogen (secondary N) is 2. The van der Waals surface area contributed by atoms with Gasteiger partial charge >= 0.3 is 0 Å². The van der Waals surface area contributed by atoms with E-state index in [0.717, 1.165) is 5.56 Å². The Morgan fingerprint density at radius 3 is 2.29 bits per heavy atom. The number of anilines is 3. The van der Waals surface area contributed by atoms with Crippen LogP contribution in [0.5, 0.6) is 0 Å². The SMILES string of the molecule is CNc1nc(NC)c(C#N)c(C)c1N. The third-order valence-electron chi connectivity index (χ3n) is 2.08. The lowest BCUT2D eigenvalue weighted by Gasteiger charge is -2.12. The van der Waals surface area contributed by atoms with E-state index < -0.39 is 0 Å². The van der Waals surface area contributed by atoms with Gasteiger partial charge in [-0.05, 0) is 12.5 Å². The molecule has 1 heterocycles. The molecule has 1 aromatic rings. The van der Waals surface area contributed by atoms with Gasteiger partial charge in [0, 0.05) is 14.1 Å². The third kappa shape index (κ3) is 1.42. The van der Waals surface area contributed by atoms with Crippen LogP contribution in [0.3, 0.4) is 0 Å². The highest BCUT2D eigenvalue weighted by molar-refractivity contribution is 5.74. The Bertz CT molecular complexity index is 391. The van der Waals surface area contributed by atoms with Gasteiger partial charge in [-0.3, -0.25) is 0 Å². The van der Waals surface area contributed by atoms with Gasteiger partial charge in [-0.15, -0.1) is 0 Å². The van der Waals surface area contributed by atoms with Crippen LogP contribution in [0.2, 0.25) is 0 Å². The molecule has 5 heteroatoms. The van der Waals surface area contributed by atoms with E-state index in [1.54, 1.807) is 21.0 Å². The fraction of sp³-hybridized carbons (Fsp3) is 0.333. The molecule has 0 unspecified atom stereocenters. The average Bonchev–Trinajstić information content (AvgIpc) is 2.21. The molecule has 0 aromatic carbocycles. The highest BCUT2D eigenvalue weighted by Crippen LogP contribution is 2.27. The second-order valence-corrected chi connectivity index (χ2v) is 2.83. The second kappa shape index (κ2) is 3.83. The number of nitriles is 1. The Hall–Kier alpha value is -1.96. The first-order valence-electron chi connectivity index (χ1n) is 4.21. The van der Waals surface area contributed by atoms with Crippen molar-refractivity contribution >= 4 is 17.3 Å². The first-order valence-corrected chi connectivity index (χ1v) is 4.21. The summed E-state index contributed by atoms with van der Waals surface area (Å²) in [5, 5.41) is 14.6. The van der Waals surface area contributed by atoms with Gasteiger partial charge in [0.2, 0.25) is 0 Å². The van der Waals surface area contributed by atoms with Gasteiger partial charge in [0.25, 0.3) is 0 Å². The van der Waals surface area contributed by atoms with Crippen LogP contribution in [0.1, 0.15) is 11.1 Å². The highest BCUT2D eigenvalue weighted by Gasteiger charge is 2.12. The standard InChI is InChI=1S/C9H13N5/c1-5-6(4-10)8(12-2)14-9(13-3)7(5)11/h11H2,1-3H3,(H2,12,13,14). The van der Waals surface area contributed by atoms with Crippen molar-refractivity contribution in [3.63, 3.8) is 0 Å². The molecule has 0 radical (unpaired) electrons. The quantitative estimate of drug-likeness (QED) is 0.647. The van der Waals surface area contributed by atoms with E-state index in [4.69, 9.17) is 11.0 Å². The zero-order chi connectivity index (χ0) is 10.7. The molecule has 0 amide bonds. The Morgan fingerprint density at radius 2 is 1.86 bits per heavy atom. The largest absolute Gasteiger partial charge is 0.395 e. The zero-order valence-corrected chi connectivity index (χ0v) is 8.47. The molecule has 1 rings (SSSR count). The lowest BCUT2D eigenvalue weighted by Crippen LogP contribution is -2.07. The van der Waals surface area contributed by atoms with Gasteiger partial charge < -0.3 is 16.4 Å². The first kappa shape index (κ1) is 10.1. The fourth-order valence-corrected chi connectivity index (χ4v) is 1.23. The van der Waals surface area contributed by atoms with E-state index in [2.05, 4.69) is 21.7 Å². The van der Waals surface area contributed by atoms with Crippen molar-refractivity contribution in [2.24, 2.45) is 0 Å². The van der Waals surface area contributed by atoms with Crippen LogP contribution in [-0.4, -0.2) is 19.1 Å². The highest BCUT2D eigenvalue weighted by atomic mass is 15.1. The van der Waals surface area contributed by atoms with Crippen molar-refractivity contribution in [3.8, 4) is 6.07 Å². The Balaban J connectivity index is 3.48. The number of nitrogen functional groups attached to an aromatic ring is 1. The number of rotatable bonds is 2. The van der Waals surface area contributed by atoms with E-state index in [0.29, 0.717) is 22.9 Å². The molecule has 5 nitrogen and oxygen atoms in total.